The second-order valence-electron chi connectivity index (χ2n) is 5.28. The van der Waals surface area contributed by atoms with Crippen molar-refractivity contribution in [3.63, 3.8) is 0 Å². The van der Waals surface area contributed by atoms with E-state index in [9.17, 15) is 4.79 Å². The summed E-state index contributed by atoms with van der Waals surface area (Å²) in [6.45, 7) is 6.71. The molecule has 0 fully saturated rings. The highest BCUT2D eigenvalue weighted by Gasteiger charge is 2.11. The standard InChI is InChI=1S/C14H18ClN3O/c1-14(2,3)17-7-6-13(19)18-12-8-10(9-16)4-5-11(12)15/h4-5,8,17H,6-7H2,1-3H3,(H,18,19). The molecule has 0 saturated heterocycles. The monoisotopic (exact) mass is 279 g/mol. The number of halogens is 1. The topological polar surface area (TPSA) is 64.9 Å². The minimum atomic E-state index is -0.131. The van der Waals surface area contributed by atoms with Crippen LogP contribution in [0.2, 0.25) is 5.02 Å². The van der Waals surface area contributed by atoms with Crippen molar-refractivity contribution in [1.29, 1.82) is 5.26 Å². The molecule has 0 atom stereocenters. The summed E-state index contributed by atoms with van der Waals surface area (Å²) in [7, 11) is 0. The minimum Gasteiger partial charge on any atom is -0.325 e. The molecular weight excluding hydrogens is 262 g/mol. The molecule has 0 aliphatic rings. The Bertz CT molecular complexity index is 500. The molecular formula is C14H18ClN3O. The Balaban J connectivity index is 2.55. The summed E-state index contributed by atoms with van der Waals surface area (Å²) in [6, 6.07) is 6.79. The van der Waals surface area contributed by atoms with Gasteiger partial charge in [0.1, 0.15) is 0 Å². The van der Waals surface area contributed by atoms with Crippen LogP contribution in [0.4, 0.5) is 5.69 Å². The first-order valence-electron chi connectivity index (χ1n) is 6.06. The molecule has 0 unspecified atom stereocenters. The van der Waals surface area contributed by atoms with Gasteiger partial charge in [0.25, 0.3) is 0 Å². The first-order chi connectivity index (χ1) is 8.81. The van der Waals surface area contributed by atoms with Crippen LogP contribution in [0.1, 0.15) is 32.8 Å². The van der Waals surface area contributed by atoms with Crippen molar-refractivity contribution < 1.29 is 4.79 Å². The molecule has 5 heteroatoms. The van der Waals surface area contributed by atoms with Gasteiger partial charge in [-0.15, -0.1) is 0 Å². The number of rotatable bonds is 4. The second kappa shape index (κ2) is 6.55. The minimum absolute atomic E-state index is 0.0152. The number of anilines is 1. The van der Waals surface area contributed by atoms with E-state index < -0.39 is 0 Å². The Kier molecular flexibility index (Phi) is 5.34. The molecule has 1 rings (SSSR count). The van der Waals surface area contributed by atoms with E-state index in [0.29, 0.717) is 29.2 Å². The summed E-state index contributed by atoms with van der Waals surface area (Å²) in [5, 5.41) is 15.2. The van der Waals surface area contributed by atoms with Gasteiger partial charge in [0.2, 0.25) is 5.91 Å². The van der Waals surface area contributed by atoms with Gasteiger partial charge in [-0.2, -0.15) is 5.26 Å². The van der Waals surface area contributed by atoms with Crippen LogP contribution in [0.15, 0.2) is 18.2 Å². The molecule has 0 bridgehead atoms. The van der Waals surface area contributed by atoms with Crippen molar-refractivity contribution in [2.24, 2.45) is 0 Å². The third kappa shape index (κ3) is 5.73. The summed E-state index contributed by atoms with van der Waals surface area (Å²) in [4.78, 5) is 11.8. The zero-order chi connectivity index (χ0) is 14.5. The molecule has 102 valence electrons. The maximum atomic E-state index is 11.8. The van der Waals surface area contributed by atoms with E-state index in [4.69, 9.17) is 16.9 Å². The van der Waals surface area contributed by atoms with Crippen molar-refractivity contribution in [2.45, 2.75) is 32.7 Å². The first-order valence-corrected chi connectivity index (χ1v) is 6.44. The molecule has 4 nitrogen and oxygen atoms in total. The van der Waals surface area contributed by atoms with Crippen molar-refractivity contribution in [3.05, 3.63) is 28.8 Å². The molecule has 0 spiro atoms. The summed E-state index contributed by atoms with van der Waals surface area (Å²) < 4.78 is 0. The average Bonchev–Trinajstić information content (AvgIpc) is 2.30. The molecule has 0 aliphatic carbocycles. The summed E-state index contributed by atoms with van der Waals surface area (Å²) in [6.07, 6.45) is 0.352. The Labute approximate surface area is 118 Å². The molecule has 0 saturated carbocycles. The predicted octanol–water partition coefficient (Wildman–Crippen LogP) is 2.93. The largest absolute Gasteiger partial charge is 0.325 e. The zero-order valence-corrected chi connectivity index (χ0v) is 12.1. The van der Waals surface area contributed by atoms with Gasteiger partial charge in [0, 0.05) is 18.5 Å². The number of carbonyl (C=O) groups excluding carboxylic acids is 1. The first kappa shape index (κ1) is 15.5. The fourth-order valence-corrected chi connectivity index (χ4v) is 1.62. The highest BCUT2D eigenvalue weighted by atomic mass is 35.5. The molecule has 1 aromatic rings. The van der Waals surface area contributed by atoms with Gasteiger partial charge >= 0.3 is 0 Å². The number of hydrogen-bond acceptors (Lipinski definition) is 3. The van der Waals surface area contributed by atoms with Gasteiger partial charge in [0.05, 0.1) is 22.3 Å². The zero-order valence-electron chi connectivity index (χ0n) is 11.4. The number of benzene rings is 1. The van der Waals surface area contributed by atoms with E-state index >= 15 is 0 Å². The Morgan fingerprint density at radius 1 is 1.42 bits per heavy atom. The van der Waals surface area contributed by atoms with Crippen LogP contribution < -0.4 is 10.6 Å². The average molecular weight is 280 g/mol. The van der Waals surface area contributed by atoms with Crippen LogP contribution >= 0.6 is 11.6 Å². The van der Waals surface area contributed by atoms with Gasteiger partial charge in [-0.1, -0.05) is 11.6 Å². The fourth-order valence-electron chi connectivity index (χ4n) is 1.45. The lowest BCUT2D eigenvalue weighted by Crippen LogP contribution is -2.37. The third-order valence-corrected chi connectivity index (χ3v) is 2.71. The number of carbonyl (C=O) groups is 1. The number of nitrogens with zero attached hydrogens (tertiary/aromatic N) is 1. The SMILES string of the molecule is CC(C)(C)NCCC(=O)Nc1cc(C#N)ccc1Cl. The number of nitriles is 1. The van der Waals surface area contributed by atoms with Crippen molar-refractivity contribution >= 4 is 23.2 Å². The van der Waals surface area contributed by atoms with Crippen LogP contribution in [0.5, 0.6) is 0 Å². The van der Waals surface area contributed by atoms with Crippen LogP contribution in [-0.4, -0.2) is 18.0 Å². The Hall–Kier alpha value is -1.57. The summed E-state index contributed by atoms with van der Waals surface area (Å²) >= 11 is 5.96. The lowest BCUT2D eigenvalue weighted by molar-refractivity contribution is -0.116. The third-order valence-electron chi connectivity index (χ3n) is 2.38. The highest BCUT2D eigenvalue weighted by molar-refractivity contribution is 6.33. The molecule has 0 radical (unpaired) electrons. The smallest absolute Gasteiger partial charge is 0.225 e. The van der Waals surface area contributed by atoms with Crippen LogP contribution in [0.3, 0.4) is 0 Å². The Morgan fingerprint density at radius 3 is 2.68 bits per heavy atom. The van der Waals surface area contributed by atoms with Gasteiger partial charge in [-0.25, -0.2) is 0 Å². The molecule has 0 aromatic heterocycles. The lowest BCUT2D eigenvalue weighted by Gasteiger charge is -2.20. The number of hydrogen-bond donors (Lipinski definition) is 2. The maximum absolute atomic E-state index is 11.8. The van der Waals surface area contributed by atoms with Crippen LogP contribution in [0, 0.1) is 11.3 Å². The Morgan fingerprint density at radius 2 is 2.11 bits per heavy atom. The van der Waals surface area contributed by atoms with Crippen molar-refractivity contribution in [1.82, 2.24) is 5.32 Å². The molecule has 0 aliphatic heterocycles. The second-order valence-corrected chi connectivity index (χ2v) is 5.69. The normalized spacial score (nSPS) is 10.9. The van der Waals surface area contributed by atoms with E-state index in [-0.39, 0.29) is 11.4 Å². The van der Waals surface area contributed by atoms with E-state index in [1.165, 1.54) is 0 Å². The quantitative estimate of drug-likeness (QED) is 0.891. The van der Waals surface area contributed by atoms with E-state index in [1.54, 1.807) is 18.2 Å². The fraction of sp³-hybridized carbons (Fsp3) is 0.429. The highest BCUT2D eigenvalue weighted by Crippen LogP contribution is 2.22. The van der Waals surface area contributed by atoms with E-state index in [0.717, 1.165) is 0 Å². The predicted molar refractivity (Wildman–Crippen MR) is 77.2 cm³/mol. The van der Waals surface area contributed by atoms with Gasteiger partial charge in [0.15, 0.2) is 0 Å². The number of nitrogens with one attached hydrogen (secondary N) is 2. The number of amides is 1. The maximum Gasteiger partial charge on any atom is 0.225 e. The van der Waals surface area contributed by atoms with Crippen molar-refractivity contribution in [2.75, 3.05) is 11.9 Å². The molecule has 19 heavy (non-hydrogen) atoms. The van der Waals surface area contributed by atoms with Gasteiger partial charge in [-0.3, -0.25) is 4.79 Å². The lowest BCUT2D eigenvalue weighted by atomic mass is 10.1. The van der Waals surface area contributed by atoms with Crippen LogP contribution in [-0.2, 0) is 4.79 Å². The van der Waals surface area contributed by atoms with Crippen molar-refractivity contribution in [3.8, 4) is 6.07 Å². The summed E-state index contributed by atoms with van der Waals surface area (Å²) in [5.41, 5.74) is 0.924. The summed E-state index contributed by atoms with van der Waals surface area (Å²) in [5.74, 6) is -0.131. The van der Waals surface area contributed by atoms with E-state index in [1.807, 2.05) is 26.8 Å². The van der Waals surface area contributed by atoms with Crippen LogP contribution in [0.25, 0.3) is 0 Å². The van der Waals surface area contributed by atoms with Gasteiger partial charge < -0.3 is 10.6 Å². The molecule has 1 amide bonds. The van der Waals surface area contributed by atoms with E-state index in [2.05, 4.69) is 10.6 Å². The molecule has 0 heterocycles. The molecule has 1 aromatic carbocycles. The van der Waals surface area contributed by atoms with Gasteiger partial charge in [-0.05, 0) is 39.0 Å². The molecule has 2 N–H and O–H groups in total.